The number of nitro groups is 1. The number of hydrogen-bond acceptors (Lipinski definition) is 7. The molecule has 0 atom stereocenters. The minimum absolute atomic E-state index is 0.0515. The summed E-state index contributed by atoms with van der Waals surface area (Å²) in [4.78, 5) is 35.3. The number of rotatable bonds is 9. The number of benzene rings is 2. The smallest absolute Gasteiger partial charge is 0.271 e. The molecule has 0 radical (unpaired) electrons. The highest BCUT2D eigenvalue weighted by atomic mass is 32.2. The van der Waals surface area contributed by atoms with Crippen LogP contribution in [0.2, 0.25) is 0 Å². The van der Waals surface area contributed by atoms with Crippen LogP contribution >= 0.6 is 11.8 Å². The summed E-state index contributed by atoms with van der Waals surface area (Å²) in [6.07, 6.45) is 0. The first-order chi connectivity index (χ1) is 15.8. The maximum absolute atomic E-state index is 12.4. The van der Waals surface area contributed by atoms with Gasteiger partial charge in [-0.25, -0.2) is 0 Å². The Kier molecular flexibility index (Phi) is 7.78. The molecule has 1 aromatic heterocycles. The Morgan fingerprint density at radius 1 is 1.15 bits per heavy atom. The average Bonchev–Trinajstić information content (AvgIpc) is 3.19. The molecule has 33 heavy (non-hydrogen) atoms. The molecule has 0 aliphatic rings. The van der Waals surface area contributed by atoms with Crippen molar-refractivity contribution in [2.24, 2.45) is 0 Å². The zero-order chi connectivity index (χ0) is 24.0. The molecule has 1 heterocycles. The first-order valence-electron chi connectivity index (χ1n) is 10.2. The van der Waals surface area contributed by atoms with Gasteiger partial charge in [0.2, 0.25) is 5.91 Å². The van der Waals surface area contributed by atoms with Crippen molar-refractivity contribution in [3.05, 3.63) is 75.1 Å². The van der Waals surface area contributed by atoms with Crippen molar-refractivity contribution >= 4 is 35.0 Å². The van der Waals surface area contributed by atoms with Gasteiger partial charge in [0.05, 0.1) is 22.9 Å². The molecule has 3 rings (SSSR count). The number of carbonyl (C=O) groups is 2. The first kappa shape index (κ1) is 23.9. The number of anilines is 1. The van der Waals surface area contributed by atoms with Crippen LogP contribution in [-0.4, -0.2) is 37.3 Å². The highest BCUT2D eigenvalue weighted by Gasteiger charge is 2.16. The molecule has 11 heteroatoms. The van der Waals surface area contributed by atoms with E-state index in [-0.39, 0.29) is 29.8 Å². The van der Waals surface area contributed by atoms with Crippen LogP contribution in [-0.2, 0) is 17.9 Å². The largest absolute Gasteiger partial charge is 0.345 e. The second-order valence-corrected chi connectivity index (χ2v) is 8.23. The highest BCUT2D eigenvalue weighted by molar-refractivity contribution is 7.99. The third-order valence-electron chi connectivity index (χ3n) is 4.84. The van der Waals surface area contributed by atoms with Crippen molar-refractivity contribution in [3.63, 3.8) is 0 Å². The van der Waals surface area contributed by atoms with Crippen molar-refractivity contribution in [1.29, 1.82) is 0 Å². The number of amides is 2. The standard InChI is InChI=1S/C22H24N6O4S/c1-4-27-19(12-23-21(30)16-7-5-6-14(2)10-16)25-26-22(27)33-13-20(29)24-18-11-17(28(31)32)9-8-15(18)3/h5-11H,4,12-13H2,1-3H3,(H,23,30)(H,24,29). The molecule has 10 nitrogen and oxygen atoms in total. The van der Waals surface area contributed by atoms with Gasteiger partial charge in [0.25, 0.3) is 11.6 Å². The Morgan fingerprint density at radius 2 is 1.94 bits per heavy atom. The first-order valence-corrected chi connectivity index (χ1v) is 11.2. The van der Waals surface area contributed by atoms with Crippen LogP contribution in [0.15, 0.2) is 47.6 Å². The highest BCUT2D eigenvalue weighted by Crippen LogP contribution is 2.23. The monoisotopic (exact) mass is 468 g/mol. The van der Waals surface area contributed by atoms with E-state index in [9.17, 15) is 19.7 Å². The number of nitrogens with zero attached hydrogens (tertiary/aromatic N) is 4. The molecule has 0 saturated heterocycles. The van der Waals surface area contributed by atoms with Crippen LogP contribution in [0.25, 0.3) is 0 Å². The lowest BCUT2D eigenvalue weighted by atomic mass is 10.1. The van der Waals surface area contributed by atoms with E-state index in [1.54, 1.807) is 19.1 Å². The van der Waals surface area contributed by atoms with E-state index in [4.69, 9.17) is 0 Å². The van der Waals surface area contributed by atoms with Gasteiger partial charge in [-0.3, -0.25) is 19.7 Å². The molecule has 0 saturated carbocycles. The van der Waals surface area contributed by atoms with E-state index in [2.05, 4.69) is 20.8 Å². The molecule has 2 aromatic carbocycles. The van der Waals surface area contributed by atoms with E-state index in [0.717, 1.165) is 11.1 Å². The number of non-ortho nitro benzene ring substituents is 1. The SMILES string of the molecule is CCn1c(CNC(=O)c2cccc(C)c2)nnc1SCC(=O)Nc1cc([N+](=O)[O-])ccc1C. The van der Waals surface area contributed by atoms with Gasteiger partial charge in [-0.2, -0.15) is 0 Å². The van der Waals surface area contributed by atoms with Crippen LogP contribution in [0.5, 0.6) is 0 Å². The lowest BCUT2D eigenvalue weighted by molar-refractivity contribution is -0.384. The summed E-state index contributed by atoms with van der Waals surface area (Å²) in [7, 11) is 0. The van der Waals surface area contributed by atoms with Gasteiger partial charge in [-0.1, -0.05) is 35.5 Å². The summed E-state index contributed by atoms with van der Waals surface area (Å²) in [5, 5.41) is 25.3. The second kappa shape index (κ2) is 10.7. The molecule has 2 N–H and O–H groups in total. The molecule has 172 valence electrons. The van der Waals surface area contributed by atoms with Crippen LogP contribution in [0, 0.1) is 24.0 Å². The number of aryl methyl sites for hydroxylation is 2. The number of nitrogens with one attached hydrogen (secondary N) is 2. The predicted molar refractivity (Wildman–Crippen MR) is 125 cm³/mol. The van der Waals surface area contributed by atoms with Gasteiger partial charge in [-0.05, 0) is 38.5 Å². The van der Waals surface area contributed by atoms with Crippen LogP contribution in [0.3, 0.4) is 0 Å². The topological polar surface area (TPSA) is 132 Å². The third-order valence-corrected chi connectivity index (χ3v) is 5.80. The normalized spacial score (nSPS) is 10.6. The molecule has 0 bridgehead atoms. The number of hydrogen-bond donors (Lipinski definition) is 2. The Bertz CT molecular complexity index is 1190. The minimum Gasteiger partial charge on any atom is -0.345 e. The molecular weight excluding hydrogens is 444 g/mol. The van der Waals surface area contributed by atoms with E-state index in [0.29, 0.717) is 28.8 Å². The lowest BCUT2D eigenvalue weighted by Gasteiger charge is -2.10. The van der Waals surface area contributed by atoms with E-state index in [1.807, 2.05) is 36.6 Å². The molecule has 0 spiro atoms. The van der Waals surface area contributed by atoms with E-state index >= 15 is 0 Å². The fraction of sp³-hybridized carbons (Fsp3) is 0.273. The zero-order valence-corrected chi connectivity index (χ0v) is 19.3. The van der Waals surface area contributed by atoms with Crippen LogP contribution in [0.4, 0.5) is 11.4 Å². The van der Waals surface area contributed by atoms with Crippen molar-refractivity contribution < 1.29 is 14.5 Å². The van der Waals surface area contributed by atoms with Crippen molar-refractivity contribution in [3.8, 4) is 0 Å². The number of carbonyl (C=O) groups excluding carboxylic acids is 2. The molecular formula is C22H24N6O4S. The molecule has 3 aromatic rings. The predicted octanol–water partition coefficient (Wildman–Crippen LogP) is 3.48. The molecule has 2 amide bonds. The van der Waals surface area contributed by atoms with Gasteiger partial charge in [0.15, 0.2) is 11.0 Å². The number of nitro benzene ring substituents is 1. The van der Waals surface area contributed by atoms with Gasteiger partial charge in [-0.15, -0.1) is 10.2 Å². The molecule has 0 aliphatic heterocycles. The Hall–Kier alpha value is -3.73. The summed E-state index contributed by atoms with van der Waals surface area (Å²) in [6, 6.07) is 11.6. The van der Waals surface area contributed by atoms with Crippen molar-refractivity contribution in [1.82, 2.24) is 20.1 Å². The molecule has 0 aliphatic carbocycles. The fourth-order valence-corrected chi connectivity index (χ4v) is 3.92. The number of aromatic nitrogens is 3. The van der Waals surface area contributed by atoms with Gasteiger partial charge in [0.1, 0.15) is 0 Å². The quantitative estimate of drug-likeness (QED) is 0.279. The minimum atomic E-state index is -0.507. The van der Waals surface area contributed by atoms with Gasteiger partial charge < -0.3 is 15.2 Å². The van der Waals surface area contributed by atoms with Crippen molar-refractivity contribution in [2.45, 2.75) is 39.0 Å². The van der Waals surface area contributed by atoms with Crippen LogP contribution < -0.4 is 10.6 Å². The van der Waals surface area contributed by atoms with E-state index < -0.39 is 4.92 Å². The fourth-order valence-electron chi connectivity index (χ4n) is 3.10. The second-order valence-electron chi connectivity index (χ2n) is 7.29. The summed E-state index contributed by atoms with van der Waals surface area (Å²) in [5.74, 6) is 0.111. The molecule has 0 fully saturated rings. The lowest BCUT2D eigenvalue weighted by Crippen LogP contribution is -2.25. The van der Waals surface area contributed by atoms with E-state index in [1.165, 1.54) is 23.9 Å². The summed E-state index contributed by atoms with van der Waals surface area (Å²) < 4.78 is 1.83. The Balaban J connectivity index is 1.60. The number of thioether (sulfide) groups is 1. The third kappa shape index (κ3) is 6.16. The Morgan fingerprint density at radius 3 is 2.64 bits per heavy atom. The average molecular weight is 469 g/mol. The zero-order valence-electron chi connectivity index (χ0n) is 18.5. The summed E-state index contributed by atoms with van der Waals surface area (Å²) in [6.45, 7) is 6.37. The summed E-state index contributed by atoms with van der Waals surface area (Å²) in [5.41, 5.74) is 2.59. The molecule has 0 unspecified atom stereocenters. The van der Waals surface area contributed by atoms with Crippen molar-refractivity contribution in [2.75, 3.05) is 11.1 Å². The van der Waals surface area contributed by atoms with Gasteiger partial charge >= 0.3 is 0 Å². The van der Waals surface area contributed by atoms with Crippen LogP contribution in [0.1, 0.15) is 34.2 Å². The maximum Gasteiger partial charge on any atom is 0.271 e. The summed E-state index contributed by atoms with van der Waals surface area (Å²) >= 11 is 1.20. The maximum atomic E-state index is 12.4. The Labute approximate surface area is 194 Å². The van der Waals surface area contributed by atoms with Gasteiger partial charge in [0, 0.05) is 24.2 Å².